The summed E-state index contributed by atoms with van der Waals surface area (Å²) in [5, 5.41) is 11.0. The quantitative estimate of drug-likeness (QED) is 0.902. The van der Waals surface area contributed by atoms with Gasteiger partial charge in [0.2, 0.25) is 0 Å². The van der Waals surface area contributed by atoms with Gasteiger partial charge >= 0.3 is 0 Å². The first-order chi connectivity index (χ1) is 9.90. The van der Waals surface area contributed by atoms with Gasteiger partial charge in [-0.25, -0.2) is 4.39 Å². The van der Waals surface area contributed by atoms with Crippen LogP contribution in [0.1, 0.15) is 62.3 Å². The number of benzene rings is 1. The van der Waals surface area contributed by atoms with E-state index in [1.54, 1.807) is 0 Å². The fourth-order valence-electron chi connectivity index (χ4n) is 3.58. The first kappa shape index (κ1) is 16.4. The zero-order valence-electron chi connectivity index (χ0n) is 13.7. The van der Waals surface area contributed by atoms with E-state index in [0.717, 1.165) is 43.5 Å². The number of halogens is 1. The lowest BCUT2D eigenvalue weighted by Crippen LogP contribution is -2.52. The summed E-state index contributed by atoms with van der Waals surface area (Å²) < 4.78 is 14.4. The van der Waals surface area contributed by atoms with Crippen LogP contribution in [0.5, 0.6) is 0 Å². The maximum atomic E-state index is 14.4. The van der Waals surface area contributed by atoms with Crippen molar-refractivity contribution in [3.8, 4) is 0 Å². The highest BCUT2D eigenvalue weighted by Gasteiger charge is 2.40. The molecule has 0 aliphatic carbocycles. The van der Waals surface area contributed by atoms with Crippen LogP contribution in [0.15, 0.2) is 12.1 Å². The average Bonchev–Trinajstić information content (AvgIpc) is 2.46. The van der Waals surface area contributed by atoms with Gasteiger partial charge in [0.25, 0.3) is 0 Å². The highest BCUT2D eigenvalue weighted by Crippen LogP contribution is 2.38. The number of hydrogen-bond donors (Lipinski definition) is 1. The summed E-state index contributed by atoms with van der Waals surface area (Å²) in [6.45, 7) is 9.92. The van der Waals surface area contributed by atoms with Gasteiger partial charge < -0.3 is 5.11 Å². The zero-order chi connectivity index (χ0) is 15.6. The third-order valence-corrected chi connectivity index (χ3v) is 5.14. The molecule has 1 heterocycles. The molecule has 2 atom stereocenters. The molecule has 1 aliphatic heterocycles. The SMILES string of the molecule is CCC(C)(C(O)c1c(C)cc(C)cc1F)N1CCCCC1. The van der Waals surface area contributed by atoms with E-state index in [2.05, 4.69) is 18.7 Å². The number of aryl methyl sites for hydroxylation is 2. The van der Waals surface area contributed by atoms with Crippen molar-refractivity contribution in [3.63, 3.8) is 0 Å². The first-order valence-electron chi connectivity index (χ1n) is 8.10. The van der Waals surface area contributed by atoms with Crippen LogP contribution < -0.4 is 0 Å². The topological polar surface area (TPSA) is 23.5 Å². The summed E-state index contributed by atoms with van der Waals surface area (Å²) in [5.74, 6) is -0.281. The third-order valence-electron chi connectivity index (χ3n) is 5.14. The van der Waals surface area contributed by atoms with Crippen molar-refractivity contribution in [2.24, 2.45) is 0 Å². The van der Waals surface area contributed by atoms with Crippen LogP contribution >= 0.6 is 0 Å². The molecule has 2 rings (SSSR count). The molecular weight excluding hydrogens is 265 g/mol. The Morgan fingerprint density at radius 3 is 2.38 bits per heavy atom. The molecule has 0 radical (unpaired) electrons. The maximum absolute atomic E-state index is 14.4. The Morgan fingerprint density at radius 1 is 1.24 bits per heavy atom. The Balaban J connectivity index is 2.37. The van der Waals surface area contributed by atoms with Crippen LogP contribution in [-0.4, -0.2) is 28.6 Å². The van der Waals surface area contributed by atoms with Crippen molar-refractivity contribution in [3.05, 3.63) is 34.6 Å². The fraction of sp³-hybridized carbons (Fsp3) is 0.667. The summed E-state index contributed by atoms with van der Waals surface area (Å²) in [4.78, 5) is 2.35. The Labute approximate surface area is 128 Å². The number of aliphatic hydroxyl groups is 1. The van der Waals surface area contributed by atoms with Gasteiger partial charge in [0.05, 0.1) is 0 Å². The predicted molar refractivity (Wildman–Crippen MR) is 85.0 cm³/mol. The van der Waals surface area contributed by atoms with Crippen molar-refractivity contribution in [1.82, 2.24) is 4.90 Å². The number of rotatable bonds is 4. The molecule has 0 spiro atoms. The second-order valence-corrected chi connectivity index (χ2v) is 6.64. The molecule has 3 heteroatoms. The highest BCUT2D eigenvalue weighted by atomic mass is 19.1. The fourth-order valence-corrected chi connectivity index (χ4v) is 3.58. The van der Waals surface area contributed by atoms with E-state index in [9.17, 15) is 9.50 Å². The van der Waals surface area contributed by atoms with E-state index >= 15 is 0 Å². The van der Waals surface area contributed by atoms with E-state index in [0.29, 0.717) is 5.56 Å². The van der Waals surface area contributed by atoms with Gasteiger partial charge in [-0.2, -0.15) is 0 Å². The maximum Gasteiger partial charge on any atom is 0.129 e. The normalized spacial score (nSPS) is 21.0. The minimum Gasteiger partial charge on any atom is -0.386 e. The standard InChI is InChI=1S/C18H28FNO/c1-5-18(4,20-9-7-6-8-10-20)17(21)16-14(3)11-13(2)12-15(16)19/h11-12,17,21H,5-10H2,1-4H3. The Bertz CT molecular complexity index is 473. The van der Waals surface area contributed by atoms with Crippen LogP contribution in [0.3, 0.4) is 0 Å². The molecule has 0 saturated carbocycles. The molecule has 1 saturated heterocycles. The molecule has 0 bridgehead atoms. The van der Waals surface area contributed by atoms with Gasteiger partial charge in [0.1, 0.15) is 11.9 Å². The predicted octanol–water partition coefficient (Wildman–Crippen LogP) is 4.13. The minimum atomic E-state index is -0.791. The molecule has 1 N–H and O–H groups in total. The van der Waals surface area contributed by atoms with Crippen LogP contribution in [0.2, 0.25) is 0 Å². The molecule has 1 aromatic rings. The Morgan fingerprint density at radius 2 is 1.86 bits per heavy atom. The van der Waals surface area contributed by atoms with Gasteiger partial charge in [-0.3, -0.25) is 4.90 Å². The van der Waals surface area contributed by atoms with Gasteiger partial charge in [-0.1, -0.05) is 19.4 Å². The molecule has 2 unspecified atom stereocenters. The van der Waals surface area contributed by atoms with Gasteiger partial charge in [-0.15, -0.1) is 0 Å². The number of aliphatic hydroxyl groups excluding tert-OH is 1. The second kappa shape index (κ2) is 6.45. The Hall–Kier alpha value is -0.930. The molecule has 21 heavy (non-hydrogen) atoms. The van der Waals surface area contributed by atoms with Crippen molar-refractivity contribution >= 4 is 0 Å². The lowest BCUT2D eigenvalue weighted by atomic mass is 9.82. The van der Waals surface area contributed by atoms with Crippen LogP contribution in [0.4, 0.5) is 4.39 Å². The van der Waals surface area contributed by atoms with Crippen molar-refractivity contribution in [2.75, 3.05) is 13.1 Å². The molecule has 1 aliphatic rings. The highest BCUT2D eigenvalue weighted by molar-refractivity contribution is 5.35. The lowest BCUT2D eigenvalue weighted by Gasteiger charge is -2.46. The first-order valence-corrected chi connectivity index (χ1v) is 8.10. The number of nitrogens with zero attached hydrogens (tertiary/aromatic N) is 1. The number of piperidine rings is 1. The average molecular weight is 293 g/mol. The Kier molecular flexibility index (Phi) is 5.05. The third kappa shape index (κ3) is 3.14. The van der Waals surface area contributed by atoms with Crippen LogP contribution in [-0.2, 0) is 0 Å². The largest absolute Gasteiger partial charge is 0.386 e. The molecule has 1 fully saturated rings. The molecule has 2 nitrogen and oxygen atoms in total. The summed E-state index contributed by atoms with van der Waals surface area (Å²) in [6, 6.07) is 3.48. The molecule has 0 amide bonds. The van der Waals surface area contributed by atoms with Crippen molar-refractivity contribution < 1.29 is 9.50 Å². The molecule has 0 aromatic heterocycles. The molecular formula is C18H28FNO. The lowest BCUT2D eigenvalue weighted by molar-refractivity contribution is -0.0370. The molecule has 118 valence electrons. The summed E-state index contributed by atoms with van der Waals surface area (Å²) >= 11 is 0. The van der Waals surface area contributed by atoms with Crippen LogP contribution in [0.25, 0.3) is 0 Å². The van der Waals surface area contributed by atoms with E-state index < -0.39 is 11.6 Å². The molecule has 1 aromatic carbocycles. The van der Waals surface area contributed by atoms with Gasteiger partial charge in [0, 0.05) is 11.1 Å². The van der Waals surface area contributed by atoms with Gasteiger partial charge in [-0.05, 0) is 70.3 Å². The monoisotopic (exact) mass is 293 g/mol. The van der Waals surface area contributed by atoms with E-state index in [-0.39, 0.29) is 5.82 Å². The summed E-state index contributed by atoms with van der Waals surface area (Å²) in [5.41, 5.74) is 1.81. The van der Waals surface area contributed by atoms with Crippen LogP contribution in [0, 0.1) is 19.7 Å². The zero-order valence-corrected chi connectivity index (χ0v) is 13.7. The van der Waals surface area contributed by atoms with Crippen molar-refractivity contribution in [1.29, 1.82) is 0 Å². The summed E-state index contributed by atoms with van der Waals surface area (Å²) in [7, 11) is 0. The van der Waals surface area contributed by atoms with Gasteiger partial charge in [0.15, 0.2) is 0 Å². The van der Waals surface area contributed by atoms with E-state index in [1.807, 2.05) is 19.9 Å². The smallest absolute Gasteiger partial charge is 0.129 e. The van der Waals surface area contributed by atoms with E-state index in [1.165, 1.54) is 12.5 Å². The number of hydrogen-bond acceptors (Lipinski definition) is 2. The summed E-state index contributed by atoms with van der Waals surface area (Å²) in [6.07, 6.45) is 3.60. The number of likely N-dealkylation sites (tertiary alicyclic amines) is 1. The van der Waals surface area contributed by atoms with E-state index in [4.69, 9.17) is 0 Å². The second-order valence-electron chi connectivity index (χ2n) is 6.64. The minimum absolute atomic E-state index is 0.281. The van der Waals surface area contributed by atoms with Crippen molar-refractivity contribution in [2.45, 2.75) is 65.0 Å².